The van der Waals surface area contributed by atoms with Gasteiger partial charge in [-0.15, -0.1) is 0 Å². The SMILES string of the molecule is O.O.O.O.OOB(O)O.[H-].[K+]. The second-order valence-electron chi connectivity index (χ2n) is 0.432. The van der Waals surface area contributed by atoms with Crippen LogP contribution in [0.1, 0.15) is 1.43 Å². The molecule has 0 spiro atoms. The van der Waals surface area contributed by atoms with Crippen LogP contribution < -0.4 is 51.4 Å². The number of hydrogen-bond acceptors (Lipinski definition) is 4. The molecule has 0 aromatic carbocycles. The second kappa shape index (κ2) is 31.6. The maximum atomic E-state index is 7.44. The maximum Gasteiger partial charge on any atom is 1.00 e. The van der Waals surface area contributed by atoms with E-state index < -0.39 is 7.32 Å². The van der Waals surface area contributed by atoms with Crippen molar-refractivity contribution in [1.82, 2.24) is 0 Å². The molecule has 0 aromatic rings. The molecule has 10 heteroatoms. The van der Waals surface area contributed by atoms with E-state index in [1.807, 2.05) is 0 Å². The molecule has 0 bridgehead atoms. The van der Waals surface area contributed by atoms with Gasteiger partial charge in [0.15, 0.2) is 0 Å². The van der Waals surface area contributed by atoms with Gasteiger partial charge in [0, 0.05) is 0 Å². The zero-order valence-corrected chi connectivity index (χ0v) is 8.45. The maximum absolute atomic E-state index is 7.44. The fraction of sp³-hybridized carbons (Fsp3) is 0. The van der Waals surface area contributed by atoms with Gasteiger partial charge in [-0.2, -0.15) is 0 Å². The summed E-state index contributed by atoms with van der Waals surface area (Å²) in [5, 5.41) is 22.0. The molecule has 0 heterocycles. The average Bonchev–Trinajstić information content (AvgIpc) is 1.38. The molecular weight excluding hydrogens is 178 g/mol. The first-order valence-corrected chi connectivity index (χ1v) is 0.935. The summed E-state index contributed by atoms with van der Waals surface area (Å²) in [6, 6.07) is 0. The molecule has 8 nitrogen and oxygen atoms in total. The Kier molecular flexibility index (Phi) is 134. The van der Waals surface area contributed by atoms with Crippen LogP contribution in [0.5, 0.6) is 0 Å². The summed E-state index contributed by atoms with van der Waals surface area (Å²) in [6.45, 7) is 0. The van der Waals surface area contributed by atoms with Crippen LogP contribution in [-0.2, 0) is 4.81 Å². The van der Waals surface area contributed by atoms with E-state index in [0.717, 1.165) is 0 Å². The molecular formula is H12BKO8. The molecule has 11 N–H and O–H groups in total. The van der Waals surface area contributed by atoms with Crippen molar-refractivity contribution in [2.45, 2.75) is 0 Å². The minimum Gasteiger partial charge on any atom is -1.00 e. The van der Waals surface area contributed by atoms with Gasteiger partial charge in [0.2, 0.25) is 0 Å². The normalized spacial score (nSPS) is 3.90. The minimum atomic E-state index is -2.06. The van der Waals surface area contributed by atoms with E-state index in [9.17, 15) is 0 Å². The quantitative estimate of drug-likeness (QED) is 0.209. The second-order valence-corrected chi connectivity index (χ2v) is 0.432. The van der Waals surface area contributed by atoms with E-state index in [2.05, 4.69) is 4.81 Å². The molecule has 0 aliphatic carbocycles. The van der Waals surface area contributed by atoms with E-state index >= 15 is 0 Å². The standard InChI is InChI=1S/BH3O4.K.4H2O.H/c2-1(3)5-4;;;;;;/h2-4H;;4*1H2;/q;+1;;;;;-1. The van der Waals surface area contributed by atoms with Crippen LogP contribution in [0.15, 0.2) is 0 Å². The van der Waals surface area contributed by atoms with Crippen molar-refractivity contribution in [2.75, 3.05) is 0 Å². The zero-order chi connectivity index (χ0) is 4.28. The molecule has 0 radical (unpaired) electrons. The molecule has 0 rings (SSSR count). The molecule has 0 amide bonds. The Morgan fingerprint density at radius 1 is 1.00 bits per heavy atom. The van der Waals surface area contributed by atoms with E-state index in [1.54, 1.807) is 0 Å². The summed E-state index contributed by atoms with van der Waals surface area (Å²) in [5.74, 6) is 0. The third-order valence-electron chi connectivity index (χ3n) is 0.0943. The molecule has 0 aliphatic heterocycles. The number of rotatable bonds is 1. The molecule has 10 heavy (non-hydrogen) atoms. The minimum absolute atomic E-state index is 0. The van der Waals surface area contributed by atoms with Crippen LogP contribution in [0.2, 0.25) is 0 Å². The average molecular weight is 190 g/mol. The van der Waals surface area contributed by atoms with Crippen molar-refractivity contribution in [1.29, 1.82) is 0 Å². The molecule has 0 atom stereocenters. The summed E-state index contributed by atoms with van der Waals surface area (Å²) in [4.78, 5) is 2.86. The van der Waals surface area contributed by atoms with Crippen LogP contribution in [0.4, 0.5) is 0 Å². The van der Waals surface area contributed by atoms with Crippen molar-refractivity contribution in [2.24, 2.45) is 0 Å². The Balaban J connectivity index is -0.00000000533. The van der Waals surface area contributed by atoms with Crippen LogP contribution in [0, 0.1) is 0 Å². The van der Waals surface area contributed by atoms with Crippen molar-refractivity contribution >= 4 is 7.32 Å². The molecule has 0 aliphatic rings. The van der Waals surface area contributed by atoms with Gasteiger partial charge in [-0.25, -0.2) is 4.81 Å². The largest absolute Gasteiger partial charge is 1.00 e. The summed E-state index contributed by atoms with van der Waals surface area (Å²) in [6.07, 6.45) is 0. The molecule has 0 unspecified atom stereocenters. The van der Waals surface area contributed by atoms with Gasteiger partial charge in [0.1, 0.15) is 0 Å². The topological polar surface area (TPSA) is 196 Å². The predicted molar refractivity (Wildman–Crippen MR) is 29.5 cm³/mol. The smallest absolute Gasteiger partial charge is 1.00 e. The summed E-state index contributed by atoms with van der Waals surface area (Å²) in [7, 11) is -2.06. The van der Waals surface area contributed by atoms with Gasteiger partial charge in [-0.3, -0.25) is 5.26 Å². The Labute approximate surface area is 101 Å². The molecule has 64 valence electrons. The van der Waals surface area contributed by atoms with Crippen molar-refractivity contribution in [3.05, 3.63) is 0 Å². The zero-order valence-electron chi connectivity index (χ0n) is 6.33. The first-order valence-electron chi connectivity index (χ1n) is 0.935. The van der Waals surface area contributed by atoms with Gasteiger partial charge in [0.25, 0.3) is 0 Å². The first-order chi connectivity index (χ1) is 2.27. The fourth-order valence-electron chi connectivity index (χ4n) is 0. The predicted octanol–water partition coefficient (Wildman–Crippen LogP) is -7.74. The van der Waals surface area contributed by atoms with Gasteiger partial charge in [0.05, 0.1) is 0 Å². The summed E-state index contributed by atoms with van der Waals surface area (Å²) in [5.41, 5.74) is 0. The van der Waals surface area contributed by atoms with E-state index in [-0.39, 0.29) is 74.7 Å². The summed E-state index contributed by atoms with van der Waals surface area (Å²) < 4.78 is 0. The van der Waals surface area contributed by atoms with Crippen molar-refractivity contribution < 1.29 is 94.8 Å². The molecule has 0 saturated carbocycles. The number of hydrogen-bond donors (Lipinski definition) is 3. The van der Waals surface area contributed by atoms with Crippen LogP contribution in [0.3, 0.4) is 0 Å². The van der Waals surface area contributed by atoms with E-state index in [0.29, 0.717) is 0 Å². The molecule has 0 saturated heterocycles. The van der Waals surface area contributed by atoms with Gasteiger partial charge in [-0.05, 0) is 0 Å². The van der Waals surface area contributed by atoms with Crippen LogP contribution >= 0.6 is 0 Å². The first kappa shape index (κ1) is 42.4. The van der Waals surface area contributed by atoms with Gasteiger partial charge >= 0.3 is 58.7 Å². The summed E-state index contributed by atoms with van der Waals surface area (Å²) >= 11 is 0. The van der Waals surface area contributed by atoms with E-state index in [4.69, 9.17) is 15.3 Å². The fourth-order valence-corrected chi connectivity index (χ4v) is 0. The van der Waals surface area contributed by atoms with Crippen molar-refractivity contribution in [3.63, 3.8) is 0 Å². The van der Waals surface area contributed by atoms with Gasteiger partial charge < -0.3 is 33.4 Å². The monoisotopic (exact) mass is 190 g/mol. The Bertz CT molecular complexity index is 28.1. The Morgan fingerprint density at radius 3 is 1.10 bits per heavy atom. The molecule has 0 aromatic heterocycles. The van der Waals surface area contributed by atoms with Crippen molar-refractivity contribution in [3.8, 4) is 0 Å². The third-order valence-corrected chi connectivity index (χ3v) is 0.0943. The Morgan fingerprint density at radius 2 is 1.10 bits per heavy atom. The van der Waals surface area contributed by atoms with Crippen LogP contribution in [0.25, 0.3) is 0 Å². The Hall–Kier alpha value is 1.38. The third kappa shape index (κ3) is 57.6. The molecule has 0 fully saturated rings. The van der Waals surface area contributed by atoms with E-state index in [1.165, 1.54) is 0 Å². The van der Waals surface area contributed by atoms with Crippen LogP contribution in [-0.4, -0.2) is 44.5 Å². The van der Waals surface area contributed by atoms with Gasteiger partial charge in [-0.1, -0.05) is 0 Å².